The summed E-state index contributed by atoms with van der Waals surface area (Å²) in [7, 11) is -2.00. The lowest BCUT2D eigenvalue weighted by molar-refractivity contribution is 0.290. The van der Waals surface area contributed by atoms with E-state index < -0.39 is 16.2 Å². The molecule has 0 spiro atoms. The first-order chi connectivity index (χ1) is 14.0. The van der Waals surface area contributed by atoms with Gasteiger partial charge in [0.25, 0.3) is 0 Å². The average Bonchev–Trinajstić information content (AvgIpc) is 2.72. The predicted molar refractivity (Wildman–Crippen MR) is 148 cm³/mol. The Morgan fingerprint density at radius 1 is 0.767 bits per heavy atom. The van der Waals surface area contributed by atoms with Crippen molar-refractivity contribution in [3.63, 3.8) is 0 Å². The molecule has 0 N–H and O–H groups in total. The molecule has 0 saturated carbocycles. The first-order valence-corrected chi connectivity index (χ1v) is 15.4. The molecule has 3 aromatic rings. The molecule has 0 amide bonds. The molecule has 0 fully saturated rings. The van der Waals surface area contributed by atoms with E-state index in [1.807, 2.05) is 0 Å². The van der Waals surface area contributed by atoms with Gasteiger partial charge in [-0.25, -0.2) is 0 Å². The van der Waals surface area contributed by atoms with Gasteiger partial charge < -0.3 is 4.43 Å². The predicted octanol–water partition coefficient (Wildman–Crippen LogP) is 6.80. The Morgan fingerprint density at radius 2 is 1.30 bits per heavy atom. The maximum atomic E-state index is 6.14. The van der Waals surface area contributed by atoms with Crippen molar-refractivity contribution in [3.05, 3.63) is 90.5 Å². The van der Waals surface area contributed by atoms with Crippen molar-refractivity contribution in [2.75, 3.05) is 6.61 Å². The van der Waals surface area contributed by atoms with Crippen molar-refractivity contribution in [2.45, 2.75) is 45.3 Å². The van der Waals surface area contributed by atoms with Crippen molar-refractivity contribution < 1.29 is 4.43 Å². The van der Waals surface area contributed by atoms with E-state index in [1.165, 1.54) is 21.5 Å². The second-order valence-corrected chi connectivity index (χ2v) is 15.2. The monoisotopic (exact) mass is 548 g/mol. The van der Waals surface area contributed by atoms with Gasteiger partial charge in [0.1, 0.15) is 0 Å². The van der Waals surface area contributed by atoms with Gasteiger partial charge in [-0.2, -0.15) is 0 Å². The zero-order chi connectivity index (χ0) is 20.7. The van der Waals surface area contributed by atoms with Crippen LogP contribution in [0.3, 0.4) is 0 Å². The number of halogens is 1. The quantitative estimate of drug-likeness (QED) is 0.162. The Balaban J connectivity index is 0.00000320. The molecule has 160 valence electrons. The molecular formula is C26H34IOPSi. The van der Waals surface area contributed by atoms with Crippen LogP contribution in [0.2, 0.25) is 19.6 Å². The van der Waals surface area contributed by atoms with Crippen molar-refractivity contribution >= 4 is 56.1 Å². The van der Waals surface area contributed by atoms with E-state index >= 15 is 0 Å². The highest BCUT2D eigenvalue weighted by molar-refractivity contribution is 14.0. The smallest absolute Gasteiger partial charge is 0.183 e. The summed E-state index contributed by atoms with van der Waals surface area (Å²) in [6.07, 6.45) is 2.24. The van der Waals surface area contributed by atoms with Gasteiger partial charge in [-0.05, 0) is 67.8 Å². The van der Waals surface area contributed by atoms with Gasteiger partial charge in [0.2, 0.25) is 0 Å². The Bertz CT molecular complexity index is 841. The molecule has 0 unspecified atom stereocenters. The van der Waals surface area contributed by atoms with Crippen molar-refractivity contribution in [1.29, 1.82) is 0 Å². The topological polar surface area (TPSA) is 9.23 Å². The van der Waals surface area contributed by atoms with E-state index in [4.69, 9.17) is 4.43 Å². The van der Waals surface area contributed by atoms with Crippen LogP contribution in [0.5, 0.6) is 0 Å². The van der Waals surface area contributed by atoms with Gasteiger partial charge in [0, 0.05) is 6.61 Å². The molecule has 1 atom stereocenters. The van der Waals surface area contributed by atoms with Crippen LogP contribution < -0.4 is 15.9 Å². The minimum absolute atomic E-state index is 0. The highest BCUT2D eigenvalue weighted by atomic mass is 127. The zero-order valence-electron chi connectivity index (χ0n) is 18.5. The first-order valence-electron chi connectivity index (χ1n) is 10.6. The average molecular weight is 549 g/mol. The van der Waals surface area contributed by atoms with Gasteiger partial charge in [-0.15, -0.1) is 24.0 Å². The molecule has 0 saturated heterocycles. The SMILES string of the molecule is CC[C@H](CCO[Si](C)(C)C)c1cccc(P(c2ccccc2)c2ccccc2)c1.I. The molecule has 0 aliphatic heterocycles. The molecule has 1 nitrogen and oxygen atoms in total. The second kappa shape index (κ2) is 12.1. The summed E-state index contributed by atoms with van der Waals surface area (Å²) >= 11 is 0. The molecule has 0 heterocycles. The van der Waals surface area contributed by atoms with Crippen molar-refractivity contribution in [3.8, 4) is 0 Å². The Morgan fingerprint density at radius 3 is 1.80 bits per heavy atom. The lowest BCUT2D eigenvalue weighted by atomic mass is 9.94. The largest absolute Gasteiger partial charge is 0.418 e. The van der Waals surface area contributed by atoms with Crippen LogP contribution in [0, 0.1) is 0 Å². The van der Waals surface area contributed by atoms with Gasteiger partial charge >= 0.3 is 0 Å². The summed E-state index contributed by atoms with van der Waals surface area (Å²) in [4.78, 5) is 0. The van der Waals surface area contributed by atoms with Crippen LogP contribution in [-0.4, -0.2) is 14.9 Å². The Hall–Kier alpha value is -1.00. The molecule has 3 rings (SSSR count). The third kappa shape index (κ3) is 7.30. The van der Waals surface area contributed by atoms with Gasteiger partial charge in [0.05, 0.1) is 0 Å². The van der Waals surface area contributed by atoms with Crippen LogP contribution in [0.25, 0.3) is 0 Å². The first kappa shape index (κ1) is 25.3. The summed E-state index contributed by atoms with van der Waals surface area (Å²) in [5.41, 5.74) is 1.45. The standard InChI is InChI=1S/C26H33OPSi.HI/c1-5-22(19-20-27-29(2,3)4)23-13-12-18-26(21-23)28(24-14-8-6-9-15-24)25-16-10-7-11-17-25;/h6-18,21-22H,5,19-20H2,1-4H3;1H/t22-;/m1./s1. The molecule has 0 radical (unpaired) electrons. The van der Waals surface area contributed by atoms with Crippen molar-refractivity contribution in [2.24, 2.45) is 0 Å². The Labute approximate surface area is 202 Å². The fraction of sp³-hybridized carbons (Fsp3) is 0.308. The minimum Gasteiger partial charge on any atom is -0.418 e. The van der Waals surface area contributed by atoms with E-state index in [2.05, 4.69) is 111 Å². The van der Waals surface area contributed by atoms with Crippen LogP contribution in [0.15, 0.2) is 84.9 Å². The third-order valence-electron chi connectivity index (χ3n) is 5.12. The summed E-state index contributed by atoms with van der Waals surface area (Å²) in [5.74, 6) is 0.551. The van der Waals surface area contributed by atoms with Gasteiger partial charge in [-0.1, -0.05) is 91.9 Å². The third-order valence-corrected chi connectivity index (χ3v) is 8.62. The van der Waals surface area contributed by atoms with Gasteiger partial charge in [-0.3, -0.25) is 0 Å². The highest BCUT2D eigenvalue weighted by Gasteiger charge is 2.19. The molecule has 30 heavy (non-hydrogen) atoms. The molecular weight excluding hydrogens is 514 g/mol. The van der Waals surface area contributed by atoms with E-state index in [0.717, 1.165) is 19.4 Å². The number of hydrogen-bond acceptors (Lipinski definition) is 1. The maximum absolute atomic E-state index is 6.14. The number of rotatable bonds is 9. The van der Waals surface area contributed by atoms with Crippen molar-refractivity contribution in [1.82, 2.24) is 0 Å². The van der Waals surface area contributed by atoms with Gasteiger partial charge in [0.15, 0.2) is 8.32 Å². The van der Waals surface area contributed by atoms with E-state index in [-0.39, 0.29) is 24.0 Å². The number of benzene rings is 3. The maximum Gasteiger partial charge on any atom is 0.183 e. The Kier molecular flexibility index (Phi) is 10.2. The van der Waals surface area contributed by atoms with Crippen LogP contribution in [-0.2, 0) is 4.43 Å². The summed E-state index contributed by atoms with van der Waals surface area (Å²) < 4.78 is 6.14. The second-order valence-electron chi connectivity index (χ2n) is 8.46. The van der Waals surface area contributed by atoms with Crippen LogP contribution in [0.1, 0.15) is 31.2 Å². The normalized spacial score (nSPS) is 12.4. The van der Waals surface area contributed by atoms with Crippen LogP contribution in [0.4, 0.5) is 0 Å². The lowest BCUT2D eigenvalue weighted by Crippen LogP contribution is -2.26. The van der Waals surface area contributed by atoms with E-state index in [1.54, 1.807) is 0 Å². The highest BCUT2D eigenvalue weighted by Crippen LogP contribution is 2.34. The summed E-state index contributed by atoms with van der Waals surface area (Å²) in [6, 6.07) is 31.2. The molecule has 0 aliphatic carbocycles. The molecule has 0 aliphatic rings. The fourth-order valence-corrected chi connectivity index (χ4v) is 6.71. The molecule has 0 aromatic heterocycles. The fourth-order valence-electron chi connectivity index (χ4n) is 3.63. The minimum atomic E-state index is -1.45. The number of hydrogen-bond donors (Lipinski definition) is 0. The molecule has 0 bridgehead atoms. The molecule has 3 aromatic carbocycles. The summed E-state index contributed by atoms with van der Waals surface area (Å²) in [6.45, 7) is 9.96. The van der Waals surface area contributed by atoms with E-state index in [0.29, 0.717) is 5.92 Å². The van der Waals surface area contributed by atoms with Crippen LogP contribution >= 0.6 is 31.9 Å². The zero-order valence-corrected chi connectivity index (χ0v) is 22.8. The van der Waals surface area contributed by atoms with E-state index in [9.17, 15) is 0 Å². The molecule has 4 heteroatoms. The summed E-state index contributed by atoms with van der Waals surface area (Å²) in [5, 5.41) is 4.24. The lowest BCUT2D eigenvalue weighted by Gasteiger charge is -2.23.